The Morgan fingerprint density at radius 1 is 0.939 bits per heavy atom. The van der Waals surface area contributed by atoms with Crippen LogP contribution >= 0.6 is 11.9 Å². The average Bonchev–Trinajstić information content (AvgIpc) is 3.15. The number of amides is 1. The second kappa shape index (κ2) is 9.25. The van der Waals surface area contributed by atoms with E-state index in [0.717, 1.165) is 35.0 Å². The molecule has 7 atom stereocenters. The molecule has 0 spiro atoms. The largest absolute Gasteiger partial charge is 0.296 e. The Labute approximate surface area is 206 Å². The highest BCUT2D eigenvalue weighted by Crippen LogP contribution is 2.70. The van der Waals surface area contributed by atoms with Crippen LogP contribution in [0.1, 0.15) is 104 Å². The van der Waals surface area contributed by atoms with Crippen LogP contribution in [0.3, 0.4) is 0 Å². The predicted molar refractivity (Wildman–Crippen MR) is 139 cm³/mol. The molecule has 1 N–H and O–H groups in total. The molecular weight excluding hydrogens is 422 g/mol. The third-order valence-corrected chi connectivity index (χ3v) is 12.4. The summed E-state index contributed by atoms with van der Waals surface area (Å²) < 4.78 is 3.04. The van der Waals surface area contributed by atoms with Gasteiger partial charge in [-0.25, -0.2) is 0 Å². The number of carbonyl (C=O) groups excluding carboxylic acids is 1. The summed E-state index contributed by atoms with van der Waals surface area (Å²) in [5, 5.41) is 0. The molecule has 1 aromatic carbocycles. The second-order valence-electron chi connectivity index (χ2n) is 12.8. The Balaban J connectivity index is 1.16. The molecule has 0 aliphatic heterocycles. The molecule has 0 radical (unpaired) electrons. The molecule has 2 nitrogen and oxygen atoms in total. The molecule has 5 rings (SSSR count). The standard InChI is InChI=1S/C30H45NOS/c1-28-18-7-8-19-30(28,3)26-17-21-29(2)22(14-15-25(29)24(26)16-20-28)10-9-13-27(32)31-33-23-11-5-4-6-12-23/h4-6,11-12,22,24-26H,7-10,13-21H2,1-3H3,(H,31,32). The van der Waals surface area contributed by atoms with Gasteiger partial charge in [0.2, 0.25) is 5.91 Å². The number of carbonyl (C=O) groups is 1. The molecule has 0 bridgehead atoms. The van der Waals surface area contributed by atoms with E-state index in [4.69, 9.17) is 0 Å². The maximum atomic E-state index is 12.4. The zero-order valence-corrected chi connectivity index (χ0v) is 22.0. The van der Waals surface area contributed by atoms with Crippen molar-refractivity contribution in [2.24, 2.45) is 39.9 Å². The monoisotopic (exact) mass is 467 g/mol. The highest BCUT2D eigenvalue weighted by molar-refractivity contribution is 7.98. The number of nitrogens with one attached hydrogen (secondary N) is 1. The van der Waals surface area contributed by atoms with Gasteiger partial charge in [-0.2, -0.15) is 0 Å². The minimum Gasteiger partial charge on any atom is -0.296 e. The van der Waals surface area contributed by atoms with Gasteiger partial charge in [-0.15, -0.1) is 0 Å². The number of rotatable bonds is 6. The minimum absolute atomic E-state index is 0.184. The van der Waals surface area contributed by atoms with Crippen LogP contribution in [0.4, 0.5) is 0 Å². The maximum absolute atomic E-state index is 12.4. The highest BCUT2D eigenvalue weighted by atomic mass is 32.2. The number of fused-ring (bicyclic) bond motifs is 5. The van der Waals surface area contributed by atoms with Crippen molar-refractivity contribution < 1.29 is 4.79 Å². The van der Waals surface area contributed by atoms with Crippen molar-refractivity contribution >= 4 is 17.9 Å². The van der Waals surface area contributed by atoms with E-state index < -0.39 is 0 Å². The maximum Gasteiger partial charge on any atom is 0.230 e. The third kappa shape index (κ3) is 4.19. The van der Waals surface area contributed by atoms with Gasteiger partial charge in [-0.05, 0) is 128 Å². The van der Waals surface area contributed by atoms with Crippen molar-refractivity contribution in [3.05, 3.63) is 30.3 Å². The van der Waals surface area contributed by atoms with Crippen LogP contribution in [0.5, 0.6) is 0 Å². The van der Waals surface area contributed by atoms with E-state index in [1.54, 1.807) is 0 Å². The van der Waals surface area contributed by atoms with Gasteiger partial charge >= 0.3 is 0 Å². The van der Waals surface area contributed by atoms with Crippen molar-refractivity contribution in [1.82, 2.24) is 4.72 Å². The van der Waals surface area contributed by atoms with E-state index >= 15 is 0 Å². The zero-order valence-electron chi connectivity index (χ0n) is 21.2. The normalized spacial score (nSPS) is 42.2. The van der Waals surface area contributed by atoms with Gasteiger partial charge in [0.15, 0.2) is 0 Å². The van der Waals surface area contributed by atoms with E-state index in [-0.39, 0.29) is 5.91 Å². The summed E-state index contributed by atoms with van der Waals surface area (Å²) in [7, 11) is 0. The van der Waals surface area contributed by atoms with Crippen LogP contribution in [0, 0.1) is 39.9 Å². The van der Waals surface area contributed by atoms with E-state index in [1.165, 1.54) is 82.6 Å². The van der Waals surface area contributed by atoms with Crippen LogP contribution in [0.2, 0.25) is 0 Å². The molecule has 4 aliphatic rings. The molecule has 33 heavy (non-hydrogen) atoms. The number of benzene rings is 1. The summed E-state index contributed by atoms with van der Waals surface area (Å²) >= 11 is 1.45. The highest BCUT2D eigenvalue weighted by Gasteiger charge is 2.62. The van der Waals surface area contributed by atoms with Gasteiger partial charge in [-0.1, -0.05) is 51.8 Å². The zero-order chi connectivity index (χ0) is 23.1. The Bertz CT molecular complexity index is 841. The fourth-order valence-electron chi connectivity index (χ4n) is 9.35. The molecule has 0 aromatic heterocycles. The molecule has 7 unspecified atom stereocenters. The first kappa shape index (κ1) is 23.8. The lowest BCUT2D eigenvalue weighted by Gasteiger charge is -2.64. The topological polar surface area (TPSA) is 29.1 Å². The van der Waals surface area contributed by atoms with Crippen LogP contribution < -0.4 is 4.72 Å². The molecule has 1 aromatic rings. The summed E-state index contributed by atoms with van der Waals surface area (Å²) in [6, 6.07) is 10.1. The molecule has 4 fully saturated rings. The SMILES string of the molecule is CC12CCC3C(CCC4(C)CCCCC34C)C1CCC2CCCC(=O)NSc1ccccc1. The van der Waals surface area contributed by atoms with Crippen molar-refractivity contribution in [3.8, 4) is 0 Å². The van der Waals surface area contributed by atoms with Crippen LogP contribution in [0.25, 0.3) is 0 Å². The Hall–Kier alpha value is -0.960. The quantitative estimate of drug-likeness (QED) is 0.425. The average molecular weight is 468 g/mol. The lowest BCUT2D eigenvalue weighted by Crippen LogP contribution is -2.56. The third-order valence-electron chi connectivity index (χ3n) is 11.5. The van der Waals surface area contributed by atoms with E-state index in [1.807, 2.05) is 30.3 Å². The summed E-state index contributed by atoms with van der Waals surface area (Å²) in [4.78, 5) is 13.5. The first-order chi connectivity index (χ1) is 15.9. The van der Waals surface area contributed by atoms with Crippen molar-refractivity contribution in [1.29, 1.82) is 0 Å². The van der Waals surface area contributed by atoms with Gasteiger partial charge in [0, 0.05) is 11.3 Å². The molecular formula is C30H45NOS. The Morgan fingerprint density at radius 2 is 1.73 bits per heavy atom. The van der Waals surface area contributed by atoms with Gasteiger partial charge in [-0.3, -0.25) is 9.52 Å². The minimum atomic E-state index is 0.184. The molecule has 0 saturated heterocycles. The second-order valence-corrected chi connectivity index (χ2v) is 13.6. The Morgan fingerprint density at radius 3 is 2.55 bits per heavy atom. The van der Waals surface area contributed by atoms with Crippen LogP contribution in [-0.4, -0.2) is 5.91 Å². The van der Waals surface area contributed by atoms with Gasteiger partial charge in [0.25, 0.3) is 0 Å². The van der Waals surface area contributed by atoms with Gasteiger partial charge < -0.3 is 0 Å². The lowest BCUT2D eigenvalue weighted by molar-refractivity contribution is -0.152. The van der Waals surface area contributed by atoms with Crippen molar-refractivity contribution in [2.75, 3.05) is 0 Å². The molecule has 0 heterocycles. The summed E-state index contributed by atoms with van der Waals surface area (Å²) in [5.41, 5.74) is 1.71. The molecule has 1 amide bonds. The van der Waals surface area contributed by atoms with Crippen LogP contribution in [0.15, 0.2) is 35.2 Å². The van der Waals surface area contributed by atoms with E-state index in [0.29, 0.717) is 22.7 Å². The fourth-order valence-corrected chi connectivity index (χ4v) is 9.98. The summed E-state index contributed by atoms with van der Waals surface area (Å²) in [6.07, 6.45) is 17.5. The number of hydrogen-bond donors (Lipinski definition) is 1. The van der Waals surface area contributed by atoms with Crippen molar-refractivity contribution in [2.45, 2.75) is 109 Å². The van der Waals surface area contributed by atoms with Gasteiger partial charge in [0.1, 0.15) is 0 Å². The van der Waals surface area contributed by atoms with Gasteiger partial charge in [0.05, 0.1) is 0 Å². The van der Waals surface area contributed by atoms with E-state index in [2.05, 4.69) is 25.5 Å². The smallest absolute Gasteiger partial charge is 0.230 e. The lowest BCUT2D eigenvalue weighted by atomic mass is 9.40. The number of hydrogen-bond acceptors (Lipinski definition) is 2. The van der Waals surface area contributed by atoms with Crippen LogP contribution in [-0.2, 0) is 4.79 Å². The molecule has 3 heteroatoms. The fraction of sp³-hybridized carbons (Fsp3) is 0.767. The first-order valence-electron chi connectivity index (χ1n) is 13.9. The van der Waals surface area contributed by atoms with E-state index in [9.17, 15) is 4.79 Å². The molecule has 4 aliphatic carbocycles. The predicted octanol–water partition coefficient (Wildman–Crippen LogP) is 8.42. The summed E-state index contributed by atoms with van der Waals surface area (Å²) in [6.45, 7) is 7.99. The summed E-state index contributed by atoms with van der Waals surface area (Å²) in [5.74, 6) is 3.88. The molecule has 182 valence electrons. The molecule has 4 saturated carbocycles. The van der Waals surface area contributed by atoms with Crippen molar-refractivity contribution in [3.63, 3.8) is 0 Å². The Kier molecular flexibility index (Phi) is 6.66. The first-order valence-corrected chi connectivity index (χ1v) is 14.7.